The number of hydrogen-bond acceptors (Lipinski definition) is 1. The Kier molecular flexibility index (Phi) is 4.51. The van der Waals surface area contributed by atoms with Crippen molar-refractivity contribution in [3.8, 4) is 5.75 Å². The first-order valence-electron chi connectivity index (χ1n) is 8.30. The lowest BCUT2D eigenvalue weighted by molar-refractivity contribution is 0.359. The Morgan fingerprint density at radius 1 is 0.870 bits per heavy atom. The van der Waals surface area contributed by atoms with Crippen molar-refractivity contribution >= 4 is 5.57 Å². The van der Waals surface area contributed by atoms with Gasteiger partial charge in [-0.15, -0.1) is 0 Å². The monoisotopic (exact) mass is 310 g/mol. The second kappa shape index (κ2) is 6.57. The molecule has 0 aromatic heterocycles. The smallest absolute Gasteiger partial charge is 0.123 e. The molecule has 1 aliphatic rings. The lowest BCUT2D eigenvalue weighted by Gasteiger charge is -2.29. The van der Waals surface area contributed by atoms with Gasteiger partial charge < -0.3 is 5.11 Å². The van der Waals surface area contributed by atoms with Crippen molar-refractivity contribution in [2.45, 2.75) is 33.1 Å². The van der Waals surface area contributed by atoms with Crippen molar-refractivity contribution in [3.63, 3.8) is 0 Å². The van der Waals surface area contributed by atoms with Crippen LogP contribution in [0.1, 0.15) is 44.2 Å². The minimum absolute atomic E-state index is 0.214. The van der Waals surface area contributed by atoms with Gasteiger partial charge >= 0.3 is 0 Å². The molecule has 1 saturated carbocycles. The predicted octanol–water partition coefficient (Wildman–Crippen LogP) is 5.79. The molecule has 0 bridgehead atoms. The van der Waals surface area contributed by atoms with Crippen LogP contribution in [0, 0.1) is 17.7 Å². The minimum Gasteiger partial charge on any atom is -0.508 e. The van der Waals surface area contributed by atoms with Crippen molar-refractivity contribution < 1.29 is 9.50 Å². The molecular formula is C21H23FO. The zero-order chi connectivity index (χ0) is 16.4. The molecular weight excluding hydrogens is 287 g/mol. The van der Waals surface area contributed by atoms with Crippen molar-refractivity contribution in [2.24, 2.45) is 11.8 Å². The van der Waals surface area contributed by atoms with E-state index >= 15 is 0 Å². The number of hydrogen-bond donors (Lipinski definition) is 1. The molecule has 2 aromatic rings. The van der Waals surface area contributed by atoms with Gasteiger partial charge in [0, 0.05) is 0 Å². The zero-order valence-electron chi connectivity index (χ0n) is 13.7. The molecule has 2 unspecified atom stereocenters. The topological polar surface area (TPSA) is 20.2 Å². The third-order valence-electron chi connectivity index (χ3n) is 4.64. The summed E-state index contributed by atoms with van der Waals surface area (Å²) in [6.45, 7) is 4.60. The molecule has 2 aromatic carbocycles. The van der Waals surface area contributed by atoms with E-state index in [1.165, 1.54) is 29.7 Å². The summed E-state index contributed by atoms with van der Waals surface area (Å²) in [4.78, 5) is 0. The molecule has 1 aliphatic carbocycles. The summed E-state index contributed by atoms with van der Waals surface area (Å²) < 4.78 is 13.3. The highest BCUT2D eigenvalue weighted by Crippen LogP contribution is 2.39. The molecule has 3 rings (SSSR count). The Hall–Kier alpha value is -2.09. The lowest BCUT2D eigenvalue weighted by atomic mass is 9.76. The number of halogens is 1. The molecule has 0 saturated heterocycles. The Bertz CT molecular complexity index is 638. The zero-order valence-corrected chi connectivity index (χ0v) is 13.7. The van der Waals surface area contributed by atoms with Crippen LogP contribution in [0.3, 0.4) is 0 Å². The highest BCUT2D eigenvalue weighted by atomic mass is 19.1. The van der Waals surface area contributed by atoms with E-state index in [-0.39, 0.29) is 11.6 Å². The lowest BCUT2D eigenvalue weighted by Crippen LogP contribution is -2.14. The number of rotatable bonds is 2. The summed E-state index contributed by atoms with van der Waals surface area (Å²) >= 11 is 0. The third-order valence-corrected chi connectivity index (χ3v) is 4.64. The number of phenolic OH excluding ortho intramolecular Hbond substituents is 1. The van der Waals surface area contributed by atoms with Gasteiger partial charge in [-0.2, -0.15) is 0 Å². The quantitative estimate of drug-likeness (QED) is 0.744. The first-order chi connectivity index (χ1) is 11.0. The van der Waals surface area contributed by atoms with Gasteiger partial charge in [0.2, 0.25) is 0 Å². The van der Waals surface area contributed by atoms with E-state index in [9.17, 15) is 9.50 Å². The van der Waals surface area contributed by atoms with E-state index in [0.29, 0.717) is 11.8 Å². The van der Waals surface area contributed by atoms with E-state index in [1.807, 2.05) is 24.3 Å². The van der Waals surface area contributed by atoms with Crippen LogP contribution in [0.5, 0.6) is 5.75 Å². The van der Waals surface area contributed by atoms with E-state index in [0.717, 1.165) is 24.0 Å². The number of benzene rings is 2. The van der Waals surface area contributed by atoms with Gasteiger partial charge in [-0.1, -0.05) is 43.7 Å². The van der Waals surface area contributed by atoms with Crippen molar-refractivity contribution in [2.75, 3.05) is 0 Å². The molecule has 1 fully saturated rings. The Morgan fingerprint density at radius 3 is 1.87 bits per heavy atom. The van der Waals surface area contributed by atoms with Crippen molar-refractivity contribution in [1.82, 2.24) is 0 Å². The van der Waals surface area contributed by atoms with E-state index in [2.05, 4.69) is 13.8 Å². The number of phenols is 1. The van der Waals surface area contributed by atoms with Gasteiger partial charge in [0.05, 0.1) is 0 Å². The van der Waals surface area contributed by atoms with Crippen LogP contribution < -0.4 is 0 Å². The van der Waals surface area contributed by atoms with Gasteiger partial charge in [0.15, 0.2) is 0 Å². The largest absolute Gasteiger partial charge is 0.508 e. The second-order valence-electron chi connectivity index (χ2n) is 6.89. The molecule has 1 nitrogen and oxygen atoms in total. The van der Waals surface area contributed by atoms with Gasteiger partial charge in [-0.3, -0.25) is 0 Å². The van der Waals surface area contributed by atoms with Crippen LogP contribution >= 0.6 is 0 Å². The maximum absolute atomic E-state index is 13.3. The van der Waals surface area contributed by atoms with Crippen molar-refractivity contribution in [1.29, 1.82) is 0 Å². The number of allylic oxidation sites excluding steroid dienone is 1. The van der Waals surface area contributed by atoms with Crippen LogP contribution in [0.4, 0.5) is 4.39 Å². The normalized spacial score (nSPS) is 21.3. The predicted molar refractivity (Wildman–Crippen MR) is 92.7 cm³/mol. The van der Waals surface area contributed by atoms with Crippen LogP contribution in [0.2, 0.25) is 0 Å². The minimum atomic E-state index is -0.214. The maximum atomic E-state index is 13.3. The fourth-order valence-electron chi connectivity index (χ4n) is 3.80. The molecule has 0 aliphatic heterocycles. The summed E-state index contributed by atoms with van der Waals surface area (Å²) in [5, 5.41) is 9.57. The van der Waals surface area contributed by atoms with Crippen molar-refractivity contribution in [3.05, 3.63) is 71.0 Å². The third kappa shape index (κ3) is 3.64. The molecule has 1 N–H and O–H groups in total. The molecule has 2 atom stereocenters. The van der Waals surface area contributed by atoms with Crippen LogP contribution in [-0.4, -0.2) is 5.11 Å². The average Bonchev–Trinajstić information content (AvgIpc) is 2.50. The maximum Gasteiger partial charge on any atom is 0.123 e. The second-order valence-corrected chi connectivity index (χ2v) is 6.89. The average molecular weight is 310 g/mol. The van der Waals surface area contributed by atoms with Gasteiger partial charge in [0.1, 0.15) is 11.6 Å². The summed E-state index contributed by atoms with van der Waals surface area (Å²) in [6.07, 6.45) is 3.42. The molecule has 120 valence electrons. The summed E-state index contributed by atoms with van der Waals surface area (Å²) in [5.41, 5.74) is 4.77. The van der Waals surface area contributed by atoms with Crippen LogP contribution in [0.15, 0.2) is 54.1 Å². The molecule has 0 radical (unpaired) electrons. The van der Waals surface area contributed by atoms with Gasteiger partial charge in [-0.05, 0) is 72.1 Å². The Balaban J connectivity index is 2.13. The van der Waals surface area contributed by atoms with Crippen LogP contribution in [0.25, 0.3) is 5.57 Å². The fourth-order valence-corrected chi connectivity index (χ4v) is 3.80. The number of aromatic hydroxyl groups is 1. The molecule has 2 heteroatoms. The first kappa shape index (κ1) is 15.8. The van der Waals surface area contributed by atoms with Crippen LogP contribution in [-0.2, 0) is 0 Å². The molecule has 23 heavy (non-hydrogen) atoms. The molecule has 0 heterocycles. The standard InChI is InChI=1S/C21H23FO/c1-14-11-15(2)13-18(12-14)21(16-3-7-19(22)8-4-16)17-5-9-20(23)10-6-17/h3-10,14-15,23H,11-13H2,1-2H3. The Labute approximate surface area is 137 Å². The van der Waals surface area contributed by atoms with E-state index in [4.69, 9.17) is 0 Å². The van der Waals surface area contributed by atoms with Gasteiger partial charge in [0.25, 0.3) is 0 Å². The Morgan fingerprint density at radius 2 is 1.35 bits per heavy atom. The highest BCUT2D eigenvalue weighted by molar-refractivity contribution is 5.82. The summed E-state index contributed by atoms with van der Waals surface area (Å²) in [6, 6.07) is 14.1. The summed E-state index contributed by atoms with van der Waals surface area (Å²) in [5.74, 6) is 1.39. The first-order valence-corrected chi connectivity index (χ1v) is 8.30. The highest BCUT2D eigenvalue weighted by Gasteiger charge is 2.23. The van der Waals surface area contributed by atoms with E-state index in [1.54, 1.807) is 12.1 Å². The van der Waals surface area contributed by atoms with Gasteiger partial charge in [-0.25, -0.2) is 4.39 Å². The van der Waals surface area contributed by atoms with E-state index < -0.39 is 0 Å². The molecule has 0 amide bonds. The fraction of sp³-hybridized carbons (Fsp3) is 0.333. The summed E-state index contributed by atoms with van der Waals surface area (Å²) in [7, 11) is 0. The SMILES string of the molecule is CC1CC(=C(c2ccc(O)cc2)c2ccc(F)cc2)CC(C)C1. The molecule has 0 spiro atoms.